The Morgan fingerprint density at radius 3 is 2.95 bits per heavy atom. The van der Waals surface area contributed by atoms with Gasteiger partial charge in [0.2, 0.25) is 0 Å². The van der Waals surface area contributed by atoms with Gasteiger partial charge >= 0.3 is 0 Å². The van der Waals surface area contributed by atoms with E-state index in [1.165, 1.54) is 36.6 Å². The van der Waals surface area contributed by atoms with Gasteiger partial charge in [0.15, 0.2) is 0 Å². The highest BCUT2D eigenvalue weighted by molar-refractivity contribution is 7.19. The van der Waals surface area contributed by atoms with Crippen LogP contribution in [0.3, 0.4) is 0 Å². The Hall–Kier alpha value is -0.970. The Labute approximate surface area is 123 Å². The molecule has 2 aromatic rings. The van der Waals surface area contributed by atoms with Gasteiger partial charge in [-0.1, -0.05) is 25.8 Å². The molecule has 1 aromatic heterocycles. The number of hydrogen-bond acceptors (Lipinski definition) is 3. The summed E-state index contributed by atoms with van der Waals surface area (Å²) in [6.07, 6.45) is 5.05. The molecule has 3 unspecified atom stereocenters. The third kappa shape index (κ3) is 2.73. The van der Waals surface area contributed by atoms with Crippen molar-refractivity contribution in [1.82, 2.24) is 5.43 Å². The first-order chi connectivity index (χ1) is 9.67. The van der Waals surface area contributed by atoms with E-state index in [9.17, 15) is 4.39 Å². The minimum Gasteiger partial charge on any atom is -0.271 e. The molecule has 1 heterocycles. The molecular weight excluding hydrogens is 271 g/mol. The lowest BCUT2D eigenvalue weighted by Crippen LogP contribution is -2.35. The van der Waals surface area contributed by atoms with Crippen molar-refractivity contribution in [3.8, 4) is 0 Å². The number of nitrogens with one attached hydrogen (secondary N) is 1. The van der Waals surface area contributed by atoms with Crippen molar-refractivity contribution < 1.29 is 4.39 Å². The summed E-state index contributed by atoms with van der Waals surface area (Å²) < 4.78 is 14.3. The van der Waals surface area contributed by atoms with Crippen molar-refractivity contribution in [2.24, 2.45) is 17.7 Å². The van der Waals surface area contributed by atoms with Crippen molar-refractivity contribution in [3.05, 3.63) is 35.0 Å². The largest absolute Gasteiger partial charge is 0.271 e. The maximum absolute atomic E-state index is 13.3. The summed E-state index contributed by atoms with van der Waals surface area (Å²) in [4.78, 5) is 1.23. The van der Waals surface area contributed by atoms with Gasteiger partial charge in [0, 0.05) is 9.58 Å². The van der Waals surface area contributed by atoms with Crippen LogP contribution in [0.1, 0.15) is 43.5 Å². The Morgan fingerprint density at radius 1 is 1.35 bits per heavy atom. The second kappa shape index (κ2) is 5.80. The molecule has 1 aromatic carbocycles. The lowest BCUT2D eigenvalue weighted by Gasteiger charge is -2.32. The van der Waals surface area contributed by atoms with Gasteiger partial charge < -0.3 is 0 Å². The van der Waals surface area contributed by atoms with Crippen LogP contribution in [0.4, 0.5) is 4.39 Å². The van der Waals surface area contributed by atoms with Crippen LogP contribution < -0.4 is 11.3 Å². The van der Waals surface area contributed by atoms with Crippen molar-refractivity contribution in [2.75, 3.05) is 0 Å². The molecule has 3 N–H and O–H groups in total. The minimum absolute atomic E-state index is 0.172. The Balaban J connectivity index is 1.90. The number of thiophene rings is 1. The summed E-state index contributed by atoms with van der Waals surface area (Å²) in [7, 11) is 0. The molecule has 3 atom stereocenters. The molecule has 1 saturated carbocycles. The van der Waals surface area contributed by atoms with Crippen molar-refractivity contribution >= 4 is 21.4 Å². The molecule has 0 bridgehead atoms. The SMILES string of the molecule is CC1CCCC(C(NN)c2cc3ccc(F)cc3s2)C1. The molecule has 2 nitrogen and oxygen atoms in total. The normalized spacial score (nSPS) is 24.9. The predicted octanol–water partition coefficient (Wildman–Crippen LogP) is 4.37. The smallest absolute Gasteiger partial charge is 0.124 e. The van der Waals surface area contributed by atoms with Gasteiger partial charge in [-0.15, -0.1) is 11.3 Å². The molecule has 1 aliphatic rings. The van der Waals surface area contributed by atoms with E-state index < -0.39 is 0 Å². The second-order valence-electron chi connectivity index (χ2n) is 6.01. The lowest BCUT2D eigenvalue weighted by atomic mass is 9.78. The molecule has 0 radical (unpaired) electrons. The van der Waals surface area contributed by atoms with E-state index in [0.29, 0.717) is 5.92 Å². The molecule has 0 aliphatic heterocycles. The minimum atomic E-state index is -0.172. The van der Waals surface area contributed by atoms with Crippen LogP contribution >= 0.6 is 11.3 Å². The third-order valence-corrected chi connectivity index (χ3v) is 5.62. The lowest BCUT2D eigenvalue weighted by molar-refractivity contribution is 0.226. The van der Waals surface area contributed by atoms with Gasteiger partial charge in [0.25, 0.3) is 0 Å². The summed E-state index contributed by atoms with van der Waals surface area (Å²) in [5, 5.41) is 1.11. The van der Waals surface area contributed by atoms with E-state index in [1.807, 2.05) is 6.07 Å². The number of nitrogens with two attached hydrogens (primary N) is 1. The van der Waals surface area contributed by atoms with E-state index in [0.717, 1.165) is 16.0 Å². The Kier molecular flexibility index (Phi) is 4.06. The number of hydrogen-bond donors (Lipinski definition) is 2. The van der Waals surface area contributed by atoms with Gasteiger partial charge in [0.1, 0.15) is 5.82 Å². The van der Waals surface area contributed by atoms with Crippen molar-refractivity contribution in [1.29, 1.82) is 0 Å². The summed E-state index contributed by atoms with van der Waals surface area (Å²) in [5.74, 6) is 7.00. The highest BCUT2D eigenvalue weighted by atomic mass is 32.1. The van der Waals surface area contributed by atoms with Crippen LogP contribution in [-0.2, 0) is 0 Å². The fourth-order valence-corrected chi connectivity index (χ4v) is 4.66. The van der Waals surface area contributed by atoms with E-state index in [-0.39, 0.29) is 11.9 Å². The number of halogens is 1. The second-order valence-corrected chi connectivity index (χ2v) is 7.12. The Bertz CT molecular complexity index is 595. The first kappa shape index (κ1) is 14.0. The monoisotopic (exact) mass is 292 g/mol. The Morgan fingerprint density at radius 2 is 2.20 bits per heavy atom. The average Bonchev–Trinajstić information content (AvgIpc) is 2.82. The molecule has 108 valence electrons. The van der Waals surface area contributed by atoms with Crippen LogP contribution in [0, 0.1) is 17.7 Å². The first-order valence-electron chi connectivity index (χ1n) is 7.32. The molecular formula is C16H21FN2S. The van der Waals surface area contributed by atoms with E-state index in [2.05, 4.69) is 18.4 Å². The topological polar surface area (TPSA) is 38.0 Å². The molecule has 1 fully saturated rings. The fraction of sp³-hybridized carbons (Fsp3) is 0.500. The van der Waals surface area contributed by atoms with E-state index in [1.54, 1.807) is 17.4 Å². The standard InChI is InChI=1S/C16H21FN2S/c1-10-3-2-4-12(7-10)16(19-18)15-8-11-5-6-13(17)9-14(11)20-15/h5-6,8-10,12,16,19H,2-4,7,18H2,1H3. The molecule has 0 spiro atoms. The fourth-order valence-electron chi connectivity index (χ4n) is 3.41. The zero-order chi connectivity index (χ0) is 14.1. The highest BCUT2D eigenvalue weighted by Gasteiger charge is 2.28. The maximum Gasteiger partial charge on any atom is 0.124 e. The average molecular weight is 292 g/mol. The summed E-state index contributed by atoms with van der Waals surface area (Å²) in [6.45, 7) is 2.32. The highest BCUT2D eigenvalue weighted by Crippen LogP contribution is 2.40. The first-order valence-corrected chi connectivity index (χ1v) is 8.14. The molecule has 0 amide bonds. The molecule has 4 heteroatoms. The van der Waals surface area contributed by atoms with Gasteiger partial charge in [-0.25, -0.2) is 4.39 Å². The summed E-state index contributed by atoms with van der Waals surface area (Å²) in [5.41, 5.74) is 3.00. The zero-order valence-corrected chi connectivity index (χ0v) is 12.5. The number of rotatable bonds is 3. The van der Waals surface area contributed by atoms with Crippen molar-refractivity contribution in [2.45, 2.75) is 38.6 Å². The molecule has 0 saturated heterocycles. The maximum atomic E-state index is 13.3. The zero-order valence-electron chi connectivity index (χ0n) is 11.7. The predicted molar refractivity (Wildman–Crippen MR) is 83.0 cm³/mol. The van der Waals surface area contributed by atoms with E-state index in [4.69, 9.17) is 5.84 Å². The van der Waals surface area contributed by atoms with Gasteiger partial charge in [-0.2, -0.15) is 0 Å². The van der Waals surface area contributed by atoms with Gasteiger partial charge in [0.05, 0.1) is 6.04 Å². The summed E-state index contributed by atoms with van der Waals surface area (Å²) in [6, 6.07) is 7.33. The molecule has 1 aliphatic carbocycles. The van der Waals surface area contributed by atoms with Crippen LogP contribution in [-0.4, -0.2) is 0 Å². The van der Waals surface area contributed by atoms with Gasteiger partial charge in [-0.3, -0.25) is 11.3 Å². The molecule has 3 rings (SSSR count). The number of hydrazine groups is 1. The van der Waals surface area contributed by atoms with Gasteiger partial charge in [-0.05, 0) is 48.3 Å². The number of fused-ring (bicyclic) bond motifs is 1. The van der Waals surface area contributed by atoms with Crippen molar-refractivity contribution in [3.63, 3.8) is 0 Å². The summed E-state index contributed by atoms with van der Waals surface area (Å²) >= 11 is 1.66. The quantitative estimate of drug-likeness (QED) is 0.651. The van der Waals surface area contributed by atoms with E-state index >= 15 is 0 Å². The molecule has 20 heavy (non-hydrogen) atoms. The van der Waals surface area contributed by atoms with Crippen LogP contribution in [0.25, 0.3) is 10.1 Å². The van der Waals surface area contributed by atoms with Crippen LogP contribution in [0.15, 0.2) is 24.3 Å². The van der Waals surface area contributed by atoms with Crippen LogP contribution in [0.5, 0.6) is 0 Å². The van der Waals surface area contributed by atoms with Crippen LogP contribution in [0.2, 0.25) is 0 Å². The third-order valence-electron chi connectivity index (χ3n) is 4.44. The number of benzene rings is 1.